The number of urea groups is 1. The van der Waals surface area contributed by atoms with Crippen LogP contribution < -0.4 is 10.6 Å². The predicted octanol–water partition coefficient (Wildman–Crippen LogP) is 3.72. The SMILES string of the molecule is Cc1ccc(NC(=O)N2CC[C@H]3C(=O)NCCCCCN(Cc4cccnc4)[C@@H]3C2)cc1C. The normalized spacial score (nSPS) is 22.2. The van der Waals surface area contributed by atoms with E-state index in [0.717, 1.165) is 55.7 Å². The molecular weight excluding hydrogens is 414 g/mol. The smallest absolute Gasteiger partial charge is 0.321 e. The minimum Gasteiger partial charge on any atom is -0.356 e. The summed E-state index contributed by atoms with van der Waals surface area (Å²) in [5.41, 5.74) is 4.29. The Balaban J connectivity index is 1.53. The molecule has 2 N–H and O–H groups in total. The highest BCUT2D eigenvalue weighted by Gasteiger charge is 2.39. The quantitative estimate of drug-likeness (QED) is 0.749. The van der Waals surface area contributed by atoms with E-state index in [0.29, 0.717) is 19.5 Å². The first-order chi connectivity index (χ1) is 16.0. The summed E-state index contributed by atoms with van der Waals surface area (Å²) in [5.74, 6) is -0.00209. The van der Waals surface area contributed by atoms with Gasteiger partial charge >= 0.3 is 6.03 Å². The topological polar surface area (TPSA) is 77.6 Å². The molecule has 1 aromatic heterocycles. The Kier molecular flexibility index (Phi) is 7.60. The first kappa shape index (κ1) is 23.2. The van der Waals surface area contributed by atoms with Gasteiger partial charge in [-0.15, -0.1) is 0 Å². The van der Waals surface area contributed by atoms with E-state index in [9.17, 15) is 9.59 Å². The maximum Gasteiger partial charge on any atom is 0.321 e. The van der Waals surface area contributed by atoms with Gasteiger partial charge in [0.1, 0.15) is 0 Å². The van der Waals surface area contributed by atoms with Crippen LogP contribution in [0.5, 0.6) is 0 Å². The summed E-state index contributed by atoms with van der Waals surface area (Å²) in [6.45, 7) is 7.60. The van der Waals surface area contributed by atoms with Crippen molar-refractivity contribution >= 4 is 17.6 Å². The summed E-state index contributed by atoms with van der Waals surface area (Å²) in [6, 6.07) is 9.87. The minimum atomic E-state index is -0.120. The number of carbonyl (C=O) groups excluding carboxylic acids is 2. The van der Waals surface area contributed by atoms with Crippen LogP contribution in [0.2, 0.25) is 0 Å². The Hall–Kier alpha value is -2.93. The average molecular weight is 450 g/mol. The van der Waals surface area contributed by atoms with Crippen molar-refractivity contribution in [3.05, 3.63) is 59.4 Å². The van der Waals surface area contributed by atoms with Crippen LogP contribution in [0.25, 0.3) is 0 Å². The molecule has 0 radical (unpaired) electrons. The molecule has 1 aromatic carbocycles. The Morgan fingerprint density at radius 3 is 2.82 bits per heavy atom. The lowest BCUT2D eigenvalue weighted by atomic mass is 9.88. The van der Waals surface area contributed by atoms with Gasteiger partial charge in [-0.2, -0.15) is 0 Å². The molecule has 0 bridgehead atoms. The van der Waals surface area contributed by atoms with Gasteiger partial charge in [-0.3, -0.25) is 14.7 Å². The van der Waals surface area contributed by atoms with Crippen molar-refractivity contribution < 1.29 is 9.59 Å². The Morgan fingerprint density at radius 1 is 1.15 bits per heavy atom. The second-order valence-electron chi connectivity index (χ2n) is 9.32. The number of anilines is 1. The third-order valence-corrected chi connectivity index (χ3v) is 6.96. The second-order valence-corrected chi connectivity index (χ2v) is 9.32. The van der Waals surface area contributed by atoms with Crippen molar-refractivity contribution in [1.29, 1.82) is 0 Å². The minimum absolute atomic E-state index is 0.0254. The standard InChI is InChI=1S/C26H35N5O2/c1-19-8-9-22(15-20(19)2)29-26(33)31-14-10-23-24(18-31)30(17-21-7-6-11-27-16-21)13-5-3-4-12-28-25(23)32/h6-9,11,15-16,23-24H,3-5,10,12-14,17-18H2,1-2H3,(H,28,32)(H,29,33)/t23-,24-/m1/s1. The van der Waals surface area contributed by atoms with E-state index in [4.69, 9.17) is 0 Å². The molecule has 2 fully saturated rings. The van der Waals surface area contributed by atoms with Crippen LogP contribution in [-0.4, -0.2) is 58.9 Å². The molecule has 33 heavy (non-hydrogen) atoms. The number of pyridine rings is 1. The molecule has 2 aromatic rings. The van der Waals surface area contributed by atoms with Crippen molar-refractivity contribution in [2.75, 3.05) is 31.5 Å². The molecule has 2 saturated heterocycles. The molecule has 0 unspecified atom stereocenters. The molecule has 2 aliphatic heterocycles. The summed E-state index contributed by atoms with van der Waals surface area (Å²) in [7, 11) is 0. The van der Waals surface area contributed by atoms with Crippen LogP contribution in [-0.2, 0) is 11.3 Å². The zero-order valence-electron chi connectivity index (χ0n) is 19.7. The number of piperidine rings is 1. The van der Waals surface area contributed by atoms with Crippen molar-refractivity contribution in [3.8, 4) is 0 Å². The number of nitrogens with zero attached hydrogens (tertiary/aromatic N) is 3. The highest BCUT2D eigenvalue weighted by Crippen LogP contribution is 2.26. The van der Waals surface area contributed by atoms with Gasteiger partial charge in [0.05, 0.1) is 5.92 Å². The van der Waals surface area contributed by atoms with Gasteiger partial charge in [0.25, 0.3) is 0 Å². The predicted molar refractivity (Wildman–Crippen MR) is 130 cm³/mol. The number of amides is 3. The number of carbonyl (C=O) groups is 2. The zero-order chi connectivity index (χ0) is 23.2. The summed E-state index contributed by atoms with van der Waals surface area (Å²) in [4.78, 5) is 34.7. The van der Waals surface area contributed by atoms with Crippen LogP contribution in [0.15, 0.2) is 42.7 Å². The Morgan fingerprint density at radius 2 is 2.03 bits per heavy atom. The molecule has 176 valence electrons. The van der Waals surface area contributed by atoms with Gasteiger partial charge < -0.3 is 15.5 Å². The van der Waals surface area contributed by atoms with Crippen molar-refractivity contribution in [3.63, 3.8) is 0 Å². The molecule has 2 aliphatic rings. The van der Waals surface area contributed by atoms with Crippen LogP contribution in [0.1, 0.15) is 42.4 Å². The third kappa shape index (κ3) is 5.90. The number of nitrogens with one attached hydrogen (secondary N) is 2. The fourth-order valence-electron chi connectivity index (χ4n) is 4.86. The van der Waals surface area contributed by atoms with E-state index in [1.165, 1.54) is 5.56 Å². The number of likely N-dealkylation sites (tertiary alicyclic amines) is 1. The number of rotatable bonds is 3. The lowest BCUT2D eigenvalue weighted by Gasteiger charge is -2.44. The van der Waals surface area contributed by atoms with Crippen molar-refractivity contribution in [2.24, 2.45) is 5.92 Å². The lowest BCUT2D eigenvalue weighted by Crippen LogP contribution is -2.58. The molecule has 4 rings (SSSR count). The van der Waals surface area contributed by atoms with Gasteiger partial charge in [0.2, 0.25) is 5.91 Å². The monoisotopic (exact) mass is 449 g/mol. The van der Waals surface area contributed by atoms with Gasteiger partial charge in [0, 0.05) is 50.3 Å². The van der Waals surface area contributed by atoms with Gasteiger partial charge in [0.15, 0.2) is 0 Å². The summed E-state index contributed by atoms with van der Waals surface area (Å²) in [6.07, 6.45) is 7.50. The number of aromatic nitrogens is 1. The van der Waals surface area contributed by atoms with E-state index in [2.05, 4.69) is 33.5 Å². The molecule has 3 heterocycles. The molecule has 0 aliphatic carbocycles. The Labute approximate surface area is 196 Å². The van der Waals surface area contributed by atoms with E-state index < -0.39 is 0 Å². The first-order valence-corrected chi connectivity index (χ1v) is 12.0. The summed E-state index contributed by atoms with van der Waals surface area (Å²) < 4.78 is 0. The number of hydrogen-bond donors (Lipinski definition) is 2. The maximum atomic E-state index is 13.1. The fraction of sp³-hybridized carbons (Fsp3) is 0.500. The fourth-order valence-corrected chi connectivity index (χ4v) is 4.86. The van der Waals surface area contributed by atoms with Crippen molar-refractivity contribution in [2.45, 2.75) is 52.1 Å². The van der Waals surface area contributed by atoms with Crippen LogP contribution in [0, 0.1) is 19.8 Å². The second kappa shape index (κ2) is 10.8. The van der Waals surface area contributed by atoms with Crippen LogP contribution in [0.4, 0.5) is 10.5 Å². The highest BCUT2D eigenvalue weighted by atomic mass is 16.2. The van der Waals surface area contributed by atoms with E-state index >= 15 is 0 Å². The lowest BCUT2D eigenvalue weighted by molar-refractivity contribution is -0.129. The zero-order valence-corrected chi connectivity index (χ0v) is 19.7. The van der Waals surface area contributed by atoms with E-state index in [1.54, 1.807) is 6.20 Å². The van der Waals surface area contributed by atoms with Crippen LogP contribution >= 0.6 is 0 Å². The molecule has 3 amide bonds. The largest absolute Gasteiger partial charge is 0.356 e. The van der Waals surface area contributed by atoms with Gasteiger partial charge in [-0.1, -0.05) is 18.6 Å². The number of hydrogen-bond acceptors (Lipinski definition) is 4. The summed E-state index contributed by atoms with van der Waals surface area (Å²) >= 11 is 0. The number of aryl methyl sites for hydroxylation is 2. The third-order valence-electron chi connectivity index (χ3n) is 6.96. The summed E-state index contributed by atoms with van der Waals surface area (Å²) in [5, 5.41) is 6.19. The molecule has 0 spiro atoms. The van der Waals surface area contributed by atoms with E-state index in [-0.39, 0.29) is 23.9 Å². The number of benzene rings is 1. The molecule has 7 nitrogen and oxygen atoms in total. The number of fused-ring (bicyclic) bond motifs is 1. The van der Waals surface area contributed by atoms with Gasteiger partial charge in [-0.05, 0) is 74.5 Å². The van der Waals surface area contributed by atoms with Crippen LogP contribution in [0.3, 0.4) is 0 Å². The molecule has 2 atom stereocenters. The average Bonchev–Trinajstić information content (AvgIpc) is 2.82. The van der Waals surface area contributed by atoms with E-state index in [1.807, 2.05) is 42.3 Å². The first-order valence-electron chi connectivity index (χ1n) is 12.0. The van der Waals surface area contributed by atoms with Gasteiger partial charge in [-0.25, -0.2) is 4.79 Å². The Bertz CT molecular complexity index is 964. The molecule has 7 heteroatoms. The van der Waals surface area contributed by atoms with Crippen molar-refractivity contribution in [1.82, 2.24) is 20.1 Å². The molecular formula is C26H35N5O2. The highest BCUT2D eigenvalue weighted by molar-refractivity contribution is 5.90. The maximum absolute atomic E-state index is 13.1. The molecule has 0 saturated carbocycles.